The highest BCUT2D eigenvalue weighted by molar-refractivity contribution is 5.71. The Hall–Kier alpha value is -0.830. The zero-order valence-corrected chi connectivity index (χ0v) is 6.54. The topological polar surface area (TPSA) is 46.5 Å². The third-order valence-electron chi connectivity index (χ3n) is 1.89. The minimum absolute atomic E-state index is 0.271. The van der Waals surface area contributed by atoms with E-state index in [0.717, 1.165) is 5.57 Å². The Bertz CT molecular complexity index is 166. The Morgan fingerprint density at radius 3 is 2.73 bits per heavy atom. The Balaban J connectivity index is 2.65. The Morgan fingerprint density at radius 2 is 2.36 bits per heavy atom. The number of hydrogen-bond donors (Lipinski definition) is 1. The fourth-order valence-electron chi connectivity index (χ4n) is 1.33. The van der Waals surface area contributed by atoms with E-state index in [1.807, 2.05) is 0 Å². The summed E-state index contributed by atoms with van der Waals surface area (Å²) >= 11 is 0. The first-order valence-corrected chi connectivity index (χ1v) is 3.62. The monoisotopic (exact) mass is 156 g/mol. The van der Waals surface area contributed by atoms with Crippen molar-refractivity contribution in [1.82, 2.24) is 0 Å². The summed E-state index contributed by atoms with van der Waals surface area (Å²) in [5.41, 5.74) is 0.801. The molecule has 0 unspecified atom stereocenters. The molecule has 0 aromatic heterocycles. The first-order chi connectivity index (χ1) is 5.13. The first kappa shape index (κ1) is 8.27. The van der Waals surface area contributed by atoms with Crippen LogP contribution in [0.4, 0.5) is 0 Å². The van der Waals surface area contributed by atoms with Gasteiger partial charge in [0.1, 0.15) is 0 Å². The van der Waals surface area contributed by atoms with Crippen LogP contribution in [-0.4, -0.2) is 23.8 Å². The third kappa shape index (κ3) is 1.60. The predicted molar refractivity (Wildman–Crippen MR) is 40.3 cm³/mol. The van der Waals surface area contributed by atoms with Gasteiger partial charge in [-0.15, -0.1) is 0 Å². The number of rotatable bonds is 2. The van der Waals surface area contributed by atoms with E-state index in [2.05, 4.69) is 6.58 Å². The van der Waals surface area contributed by atoms with Gasteiger partial charge in [-0.2, -0.15) is 0 Å². The smallest absolute Gasteiger partial charge is 0.309 e. The molecule has 0 aromatic rings. The molecule has 2 atom stereocenters. The quantitative estimate of drug-likeness (QED) is 0.608. The van der Waals surface area contributed by atoms with Crippen LogP contribution >= 0.6 is 0 Å². The maximum absolute atomic E-state index is 10.6. The second-order valence-electron chi connectivity index (χ2n) is 2.87. The van der Waals surface area contributed by atoms with E-state index in [1.54, 1.807) is 6.92 Å². The van der Waals surface area contributed by atoms with Gasteiger partial charge in [0, 0.05) is 6.61 Å². The van der Waals surface area contributed by atoms with Gasteiger partial charge in [-0.25, -0.2) is 0 Å². The van der Waals surface area contributed by atoms with Gasteiger partial charge in [-0.1, -0.05) is 12.2 Å². The molecule has 0 bridgehead atoms. The molecule has 0 radical (unpaired) electrons. The Morgan fingerprint density at radius 1 is 1.73 bits per heavy atom. The fourth-order valence-corrected chi connectivity index (χ4v) is 1.33. The van der Waals surface area contributed by atoms with Crippen molar-refractivity contribution >= 4 is 5.97 Å². The normalized spacial score (nSPS) is 30.3. The van der Waals surface area contributed by atoms with Crippen molar-refractivity contribution in [3.05, 3.63) is 12.2 Å². The van der Waals surface area contributed by atoms with Crippen molar-refractivity contribution in [1.29, 1.82) is 0 Å². The summed E-state index contributed by atoms with van der Waals surface area (Å²) in [6, 6.07) is 0. The second-order valence-corrected chi connectivity index (χ2v) is 2.87. The Labute approximate surface area is 65.7 Å². The molecular formula is C8H12O3. The average molecular weight is 156 g/mol. The van der Waals surface area contributed by atoms with Crippen LogP contribution in [0, 0.1) is 5.92 Å². The molecule has 11 heavy (non-hydrogen) atoms. The zero-order valence-electron chi connectivity index (χ0n) is 6.54. The lowest BCUT2D eigenvalue weighted by atomic mass is 9.97. The molecule has 0 aromatic carbocycles. The summed E-state index contributed by atoms with van der Waals surface area (Å²) in [6.07, 6.45) is 0.333. The molecule has 1 saturated heterocycles. The molecule has 1 N–H and O–H groups in total. The van der Waals surface area contributed by atoms with Crippen LogP contribution < -0.4 is 0 Å². The summed E-state index contributed by atoms with van der Waals surface area (Å²) < 4.78 is 5.21. The standard InChI is InChI=1S/C8H12O3/c1-5(2)7-6(8(9)10)3-4-11-7/h6-7H,1,3-4H2,2H3,(H,9,10)/t6-,7-/m0/s1. The molecule has 1 fully saturated rings. The lowest BCUT2D eigenvalue weighted by Gasteiger charge is -2.13. The van der Waals surface area contributed by atoms with Gasteiger partial charge in [-0.3, -0.25) is 4.79 Å². The van der Waals surface area contributed by atoms with Crippen LogP contribution in [0.15, 0.2) is 12.2 Å². The lowest BCUT2D eigenvalue weighted by Crippen LogP contribution is -2.24. The van der Waals surface area contributed by atoms with E-state index in [-0.39, 0.29) is 12.0 Å². The van der Waals surface area contributed by atoms with Gasteiger partial charge < -0.3 is 9.84 Å². The summed E-state index contributed by atoms with van der Waals surface area (Å²) in [5, 5.41) is 8.71. The zero-order chi connectivity index (χ0) is 8.43. The van der Waals surface area contributed by atoms with E-state index in [9.17, 15) is 4.79 Å². The highest BCUT2D eigenvalue weighted by atomic mass is 16.5. The highest BCUT2D eigenvalue weighted by Crippen LogP contribution is 2.25. The summed E-state index contributed by atoms with van der Waals surface area (Å²) in [4.78, 5) is 10.6. The molecule has 0 spiro atoms. The molecular weight excluding hydrogens is 144 g/mol. The van der Waals surface area contributed by atoms with E-state index < -0.39 is 5.97 Å². The first-order valence-electron chi connectivity index (χ1n) is 3.62. The summed E-state index contributed by atoms with van der Waals surface area (Å²) in [6.45, 7) is 6.02. The molecule has 0 saturated carbocycles. The van der Waals surface area contributed by atoms with Gasteiger partial charge in [0.15, 0.2) is 0 Å². The van der Waals surface area contributed by atoms with Crippen LogP contribution in [0.25, 0.3) is 0 Å². The number of aliphatic carboxylic acids is 1. The van der Waals surface area contributed by atoms with Gasteiger partial charge in [-0.05, 0) is 13.3 Å². The second kappa shape index (κ2) is 3.05. The van der Waals surface area contributed by atoms with Crippen molar-refractivity contribution in [3.8, 4) is 0 Å². The van der Waals surface area contributed by atoms with Crippen LogP contribution in [0.1, 0.15) is 13.3 Å². The van der Waals surface area contributed by atoms with E-state index in [4.69, 9.17) is 9.84 Å². The third-order valence-corrected chi connectivity index (χ3v) is 1.89. The highest BCUT2D eigenvalue weighted by Gasteiger charge is 2.34. The van der Waals surface area contributed by atoms with Crippen molar-refractivity contribution in [3.63, 3.8) is 0 Å². The molecule has 1 aliphatic heterocycles. The predicted octanol–water partition coefficient (Wildman–Crippen LogP) is 1.05. The maximum atomic E-state index is 10.6. The van der Waals surface area contributed by atoms with Gasteiger partial charge in [0.25, 0.3) is 0 Å². The van der Waals surface area contributed by atoms with Crippen LogP contribution in [-0.2, 0) is 9.53 Å². The van der Waals surface area contributed by atoms with Gasteiger partial charge in [0.05, 0.1) is 12.0 Å². The van der Waals surface area contributed by atoms with Crippen LogP contribution in [0.3, 0.4) is 0 Å². The Kier molecular flexibility index (Phi) is 2.29. The molecule has 3 nitrogen and oxygen atoms in total. The molecule has 0 amide bonds. The SMILES string of the molecule is C=C(C)[C@@H]1OCC[C@@H]1C(=O)O. The number of hydrogen-bond acceptors (Lipinski definition) is 2. The van der Waals surface area contributed by atoms with Crippen LogP contribution in [0.5, 0.6) is 0 Å². The fraction of sp³-hybridized carbons (Fsp3) is 0.625. The van der Waals surface area contributed by atoms with Crippen molar-refractivity contribution in [2.75, 3.05) is 6.61 Å². The minimum Gasteiger partial charge on any atom is -0.481 e. The van der Waals surface area contributed by atoms with Crippen molar-refractivity contribution in [2.24, 2.45) is 5.92 Å². The molecule has 1 heterocycles. The number of carbonyl (C=O) groups is 1. The van der Waals surface area contributed by atoms with Gasteiger partial charge >= 0.3 is 5.97 Å². The van der Waals surface area contributed by atoms with Crippen molar-refractivity contribution in [2.45, 2.75) is 19.4 Å². The minimum atomic E-state index is -0.782. The summed E-state index contributed by atoms with van der Waals surface area (Å²) in [5.74, 6) is -1.16. The van der Waals surface area contributed by atoms with E-state index in [0.29, 0.717) is 13.0 Å². The number of carboxylic acids is 1. The number of ether oxygens (including phenoxy) is 1. The molecule has 62 valence electrons. The number of carboxylic acid groups (broad SMARTS) is 1. The maximum Gasteiger partial charge on any atom is 0.309 e. The lowest BCUT2D eigenvalue weighted by molar-refractivity contribution is -0.142. The molecule has 1 aliphatic rings. The molecule has 0 aliphatic carbocycles. The van der Waals surface area contributed by atoms with Crippen LogP contribution in [0.2, 0.25) is 0 Å². The largest absolute Gasteiger partial charge is 0.481 e. The van der Waals surface area contributed by atoms with E-state index in [1.165, 1.54) is 0 Å². The summed E-state index contributed by atoms with van der Waals surface area (Å²) in [7, 11) is 0. The van der Waals surface area contributed by atoms with E-state index >= 15 is 0 Å². The van der Waals surface area contributed by atoms with Crippen molar-refractivity contribution < 1.29 is 14.6 Å². The average Bonchev–Trinajstić information content (AvgIpc) is 2.32. The van der Waals surface area contributed by atoms with Gasteiger partial charge in [0.2, 0.25) is 0 Å². The molecule has 3 heteroatoms. The molecule has 1 rings (SSSR count).